The second-order valence-electron chi connectivity index (χ2n) is 7.86. The van der Waals surface area contributed by atoms with Crippen LogP contribution in [0.3, 0.4) is 0 Å². The van der Waals surface area contributed by atoms with Crippen molar-refractivity contribution in [3.05, 3.63) is 35.2 Å². The molecule has 1 aliphatic heterocycles. The van der Waals surface area contributed by atoms with E-state index in [4.69, 9.17) is 0 Å². The quantitative estimate of drug-likeness (QED) is 0.901. The van der Waals surface area contributed by atoms with Crippen LogP contribution < -0.4 is 10.6 Å². The van der Waals surface area contributed by atoms with Crippen LogP contribution in [0, 0.1) is 17.8 Å². The molecule has 4 nitrogen and oxygen atoms in total. The molecule has 122 valence electrons. The van der Waals surface area contributed by atoms with E-state index in [-0.39, 0.29) is 11.8 Å². The van der Waals surface area contributed by atoms with Crippen LogP contribution in [0.5, 0.6) is 0 Å². The zero-order valence-electron chi connectivity index (χ0n) is 14.1. The Kier molecular flexibility index (Phi) is 3.34. The van der Waals surface area contributed by atoms with Gasteiger partial charge in [0, 0.05) is 23.9 Å². The normalized spacial score (nSPS) is 31.4. The number of fused-ring (bicyclic) bond motifs is 2. The summed E-state index contributed by atoms with van der Waals surface area (Å²) in [5.74, 6) is 2.00. The minimum absolute atomic E-state index is 0.206. The fraction of sp³-hybridized carbons (Fsp3) is 0.579. The molecule has 0 radical (unpaired) electrons. The molecule has 0 bridgehead atoms. The molecule has 23 heavy (non-hydrogen) atoms. The number of hydrogen-bond acceptors (Lipinski definition) is 3. The van der Waals surface area contributed by atoms with Gasteiger partial charge in [-0.3, -0.25) is 9.78 Å². The molecule has 2 heterocycles. The van der Waals surface area contributed by atoms with Crippen LogP contribution in [0.4, 0.5) is 0 Å². The van der Waals surface area contributed by atoms with Crippen LogP contribution in [0.1, 0.15) is 49.8 Å². The molecule has 4 heteroatoms. The molecular formula is C19H25N3O. The Labute approximate surface area is 137 Å². The highest BCUT2D eigenvalue weighted by Gasteiger charge is 2.57. The van der Waals surface area contributed by atoms with Crippen LogP contribution in [0.15, 0.2) is 18.5 Å². The van der Waals surface area contributed by atoms with Crippen molar-refractivity contribution < 1.29 is 4.79 Å². The first-order chi connectivity index (χ1) is 11.0. The highest BCUT2D eigenvalue weighted by atomic mass is 16.2. The summed E-state index contributed by atoms with van der Waals surface area (Å²) < 4.78 is 0. The van der Waals surface area contributed by atoms with E-state index in [2.05, 4.69) is 48.5 Å². The van der Waals surface area contributed by atoms with E-state index >= 15 is 0 Å². The number of allylic oxidation sites excluding steroid dienone is 1. The summed E-state index contributed by atoms with van der Waals surface area (Å²) in [6.45, 7) is 8.40. The lowest BCUT2D eigenvalue weighted by Gasteiger charge is -2.31. The molecule has 1 saturated heterocycles. The van der Waals surface area contributed by atoms with E-state index in [0.29, 0.717) is 17.8 Å². The van der Waals surface area contributed by atoms with Crippen LogP contribution >= 0.6 is 0 Å². The van der Waals surface area contributed by atoms with Gasteiger partial charge in [0.15, 0.2) is 0 Å². The zero-order valence-corrected chi connectivity index (χ0v) is 14.1. The molecule has 2 N–H and O–H groups in total. The first kappa shape index (κ1) is 14.9. The first-order valence-electron chi connectivity index (χ1n) is 8.66. The Morgan fingerprint density at radius 1 is 1.30 bits per heavy atom. The van der Waals surface area contributed by atoms with Gasteiger partial charge in [0.2, 0.25) is 5.91 Å². The van der Waals surface area contributed by atoms with Crippen molar-refractivity contribution in [1.82, 2.24) is 15.6 Å². The van der Waals surface area contributed by atoms with Gasteiger partial charge in [0.25, 0.3) is 0 Å². The third-order valence-electron chi connectivity index (χ3n) is 5.83. The van der Waals surface area contributed by atoms with Gasteiger partial charge >= 0.3 is 0 Å². The summed E-state index contributed by atoms with van der Waals surface area (Å²) in [7, 11) is 0. The average Bonchev–Trinajstić information content (AvgIpc) is 3.00. The second-order valence-corrected chi connectivity index (χ2v) is 7.86. The number of carbonyl (C=O) groups excluding carboxylic acids is 1. The standard InChI is InChI=1S/C19H25N3O/c1-11-5-4-6-12-13(11)7-21-10-16(12)19(2,3)22-18(23)17-14-8-20-9-15(14)17/h4,6-7,10-11,14-15,17,20H,5,8-9H2,1-3H3,(H,22,23)/t11?,14-,15+,17+. The Hall–Kier alpha value is -1.68. The Bertz CT molecular complexity index is 669. The summed E-state index contributed by atoms with van der Waals surface area (Å²) in [5, 5.41) is 6.64. The number of hydrogen-bond donors (Lipinski definition) is 2. The fourth-order valence-corrected chi connectivity index (χ4v) is 4.35. The van der Waals surface area contributed by atoms with Crippen molar-refractivity contribution in [3.63, 3.8) is 0 Å². The maximum Gasteiger partial charge on any atom is 0.224 e. The molecular weight excluding hydrogens is 286 g/mol. The Balaban J connectivity index is 1.58. The third kappa shape index (κ3) is 2.40. The van der Waals surface area contributed by atoms with Crippen LogP contribution in [-0.2, 0) is 10.3 Å². The van der Waals surface area contributed by atoms with Crippen LogP contribution in [0.25, 0.3) is 6.08 Å². The van der Waals surface area contributed by atoms with E-state index in [0.717, 1.165) is 25.1 Å². The number of carbonyl (C=O) groups is 1. The highest BCUT2D eigenvalue weighted by molar-refractivity contribution is 5.83. The molecule has 3 aliphatic rings. The fourth-order valence-electron chi connectivity index (χ4n) is 4.35. The number of aromatic nitrogens is 1. The maximum atomic E-state index is 12.7. The molecule has 2 aliphatic carbocycles. The van der Waals surface area contributed by atoms with Crippen LogP contribution in [0.2, 0.25) is 0 Å². The van der Waals surface area contributed by atoms with Crippen molar-refractivity contribution in [1.29, 1.82) is 0 Å². The summed E-state index contributed by atoms with van der Waals surface area (Å²) in [6, 6.07) is 0. The maximum absolute atomic E-state index is 12.7. The number of nitrogens with zero attached hydrogens (tertiary/aromatic N) is 1. The van der Waals surface area contributed by atoms with Crippen molar-refractivity contribution in [3.8, 4) is 0 Å². The molecule has 4 rings (SSSR count). The van der Waals surface area contributed by atoms with Crippen molar-refractivity contribution in [2.45, 2.75) is 38.6 Å². The molecule has 1 amide bonds. The van der Waals surface area contributed by atoms with E-state index in [9.17, 15) is 4.79 Å². The van der Waals surface area contributed by atoms with Crippen molar-refractivity contribution >= 4 is 12.0 Å². The summed E-state index contributed by atoms with van der Waals surface area (Å²) in [4.78, 5) is 17.1. The molecule has 1 aromatic rings. The summed E-state index contributed by atoms with van der Waals surface area (Å²) >= 11 is 0. The predicted molar refractivity (Wildman–Crippen MR) is 90.8 cm³/mol. The average molecular weight is 311 g/mol. The van der Waals surface area contributed by atoms with E-state index in [1.807, 2.05) is 12.4 Å². The molecule has 1 aromatic heterocycles. The van der Waals surface area contributed by atoms with Gasteiger partial charge in [-0.05, 0) is 62.2 Å². The molecule has 4 atom stereocenters. The first-order valence-corrected chi connectivity index (χ1v) is 8.66. The molecule has 1 unspecified atom stereocenters. The number of amides is 1. The van der Waals surface area contributed by atoms with Crippen molar-refractivity contribution in [2.75, 3.05) is 13.1 Å². The zero-order chi connectivity index (χ0) is 16.2. The number of rotatable bonds is 3. The summed E-state index contributed by atoms with van der Waals surface area (Å²) in [6.07, 6.45) is 9.36. The molecule has 0 aromatic carbocycles. The largest absolute Gasteiger partial charge is 0.347 e. The minimum atomic E-state index is -0.402. The highest BCUT2D eigenvalue weighted by Crippen LogP contribution is 2.49. The lowest BCUT2D eigenvalue weighted by Crippen LogP contribution is -2.43. The molecule has 0 spiro atoms. The topological polar surface area (TPSA) is 54.0 Å². The van der Waals surface area contributed by atoms with Gasteiger partial charge < -0.3 is 10.6 Å². The van der Waals surface area contributed by atoms with Gasteiger partial charge in [-0.2, -0.15) is 0 Å². The van der Waals surface area contributed by atoms with Gasteiger partial charge in [0.05, 0.1) is 5.54 Å². The van der Waals surface area contributed by atoms with E-state index < -0.39 is 5.54 Å². The summed E-state index contributed by atoms with van der Waals surface area (Å²) in [5.41, 5.74) is 3.25. The van der Waals surface area contributed by atoms with Crippen LogP contribution in [-0.4, -0.2) is 24.0 Å². The molecule has 1 saturated carbocycles. The number of nitrogens with one attached hydrogen (secondary N) is 2. The van der Waals surface area contributed by atoms with Gasteiger partial charge in [-0.25, -0.2) is 0 Å². The second kappa shape index (κ2) is 5.17. The predicted octanol–water partition coefficient (Wildman–Crippen LogP) is 2.42. The van der Waals surface area contributed by atoms with Gasteiger partial charge in [-0.1, -0.05) is 19.1 Å². The van der Waals surface area contributed by atoms with Crippen molar-refractivity contribution in [2.24, 2.45) is 17.8 Å². The Morgan fingerprint density at radius 3 is 2.78 bits per heavy atom. The van der Waals surface area contributed by atoms with E-state index in [1.165, 1.54) is 11.1 Å². The smallest absolute Gasteiger partial charge is 0.224 e. The van der Waals surface area contributed by atoms with Gasteiger partial charge in [-0.15, -0.1) is 0 Å². The number of piperidine rings is 1. The van der Waals surface area contributed by atoms with E-state index in [1.54, 1.807) is 0 Å². The molecule has 2 fully saturated rings. The minimum Gasteiger partial charge on any atom is -0.347 e. The monoisotopic (exact) mass is 311 g/mol. The third-order valence-corrected chi connectivity index (χ3v) is 5.83. The number of pyridine rings is 1. The lowest BCUT2D eigenvalue weighted by atomic mass is 9.82. The lowest BCUT2D eigenvalue weighted by molar-refractivity contribution is -0.124. The Morgan fingerprint density at radius 2 is 2.04 bits per heavy atom. The van der Waals surface area contributed by atoms with Gasteiger partial charge in [0.1, 0.15) is 0 Å². The SMILES string of the molecule is CC1CC=Cc2c1cncc2C(C)(C)NC(=O)[C@H]1[C@@H]2CNC[C@@H]21.